The smallest absolute Gasteiger partial charge is 0.416 e. The molecule has 2 amide bonds. The number of likely N-dealkylation sites (tertiary alicyclic amines) is 1. The number of aryl methyl sites for hydroxylation is 2. The van der Waals surface area contributed by atoms with E-state index >= 15 is 0 Å². The number of nitrogens with zero attached hydrogens (tertiary/aromatic N) is 2. The molecule has 11 heteroatoms. The molecule has 6 nitrogen and oxygen atoms in total. The van der Waals surface area contributed by atoms with Gasteiger partial charge in [-0.05, 0) is 51.0 Å². The van der Waals surface area contributed by atoms with Crippen molar-refractivity contribution in [2.75, 3.05) is 23.3 Å². The molecule has 1 N–H and O–H groups in total. The van der Waals surface area contributed by atoms with Crippen LogP contribution in [0.2, 0.25) is 0 Å². The highest BCUT2D eigenvalue weighted by Gasteiger charge is 2.82. The van der Waals surface area contributed by atoms with Crippen molar-refractivity contribution < 1.29 is 36.3 Å². The molecule has 0 aromatic heterocycles. The van der Waals surface area contributed by atoms with Crippen LogP contribution < -0.4 is 15.0 Å². The minimum atomic E-state index is -4.69. The zero-order valence-corrected chi connectivity index (χ0v) is 23.6. The third-order valence-electron chi connectivity index (χ3n) is 8.63. The minimum Gasteiger partial charge on any atom is -0.491 e. The number of ether oxygens (including phenoxy) is 1. The van der Waals surface area contributed by atoms with Crippen molar-refractivity contribution in [2.24, 2.45) is 11.3 Å². The first-order valence-electron chi connectivity index (χ1n) is 13.8. The fraction of sp³-hybridized carbons (Fsp3) is 0.533. The van der Waals surface area contributed by atoms with E-state index in [4.69, 9.17) is 4.74 Å². The Kier molecular flexibility index (Phi) is 7.11. The normalized spacial score (nSPS) is 27.6. The first kappa shape index (κ1) is 29.3. The molecule has 0 bridgehead atoms. The van der Waals surface area contributed by atoms with Crippen molar-refractivity contribution in [2.45, 2.75) is 77.7 Å². The molecule has 41 heavy (non-hydrogen) atoms. The maximum atomic E-state index is 14.2. The number of alkyl halides is 5. The van der Waals surface area contributed by atoms with E-state index in [-0.39, 0.29) is 43.3 Å². The van der Waals surface area contributed by atoms with Crippen LogP contribution in [-0.4, -0.2) is 53.9 Å². The monoisotopic (exact) mass is 579 g/mol. The Hall–Kier alpha value is -3.21. The summed E-state index contributed by atoms with van der Waals surface area (Å²) >= 11 is 0. The third-order valence-corrected chi connectivity index (χ3v) is 8.63. The van der Waals surface area contributed by atoms with Crippen LogP contribution in [0.15, 0.2) is 36.4 Å². The number of halogens is 5. The van der Waals surface area contributed by atoms with Gasteiger partial charge in [0.25, 0.3) is 5.92 Å². The number of benzene rings is 2. The van der Waals surface area contributed by atoms with E-state index in [2.05, 4.69) is 5.32 Å². The lowest BCUT2D eigenvalue weighted by atomic mass is 9.88. The average molecular weight is 580 g/mol. The first-order chi connectivity index (χ1) is 19.1. The van der Waals surface area contributed by atoms with Gasteiger partial charge in [-0.1, -0.05) is 25.1 Å². The Bertz CT molecular complexity index is 1350. The van der Waals surface area contributed by atoms with Crippen molar-refractivity contribution in [3.05, 3.63) is 53.1 Å². The zero-order chi connectivity index (χ0) is 30.1. The van der Waals surface area contributed by atoms with Gasteiger partial charge in [-0.3, -0.25) is 14.5 Å². The van der Waals surface area contributed by atoms with E-state index in [0.29, 0.717) is 5.69 Å². The van der Waals surface area contributed by atoms with Gasteiger partial charge in [-0.25, -0.2) is 8.78 Å². The molecule has 1 saturated carbocycles. The Labute approximate surface area is 235 Å². The molecule has 0 spiro atoms. The highest BCUT2D eigenvalue weighted by atomic mass is 19.4. The second kappa shape index (κ2) is 9.96. The third kappa shape index (κ3) is 4.96. The summed E-state index contributed by atoms with van der Waals surface area (Å²) in [5, 5.41) is 2.66. The number of nitrogens with one attached hydrogen (secondary N) is 1. The molecule has 3 aliphatic rings. The molecule has 0 radical (unpaired) electrons. The highest BCUT2D eigenvalue weighted by molar-refractivity contribution is 6.13. The van der Waals surface area contributed by atoms with Gasteiger partial charge in [0, 0.05) is 49.4 Å². The van der Waals surface area contributed by atoms with Gasteiger partial charge in [-0.2, -0.15) is 13.2 Å². The van der Waals surface area contributed by atoms with E-state index in [1.54, 1.807) is 25.7 Å². The molecule has 2 saturated heterocycles. The molecule has 222 valence electrons. The summed E-state index contributed by atoms with van der Waals surface area (Å²) in [5.41, 5.74) is -0.128. The maximum Gasteiger partial charge on any atom is 0.416 e. The summed E-state index contributed by atoms with van der Waals surface area (Å²) in [6.07, 6.45) is -5.84. The topological polar surface area (TPSA) is 61.9 Å². The molecular weight excluding hydrogens is 545 g/mol. The van der Waals surface area contributed by atoms with Crippen molar-refractivity contribution in [1.82, 2.24) is 4.90 Å². The Morgan fingerprint density at radius 2 is 1.66 bits per heavy atom. The predicted octanol–water partition coefficient (Wildman–Crippen LogP) is 6.20. The maximum absolute atomic E-state index is 14.2. The number of carbonyl (C=O) groups excluding carboxylic acids is 2. The number of rotatable bonds is 6. The molecule has 3 fully saturated rings. The van der Waals surface area contributed by atoms with Gasteiger partial charge in [0.1, 0.15) is 11.2 Å². The van der Waals surface area contributed by atoms with E-state index in [1.165, 1.54) is 6.07 Å². The zero-order valence-electron chi connectivity index (χ0n) is 23.6. The summed E-state index contributed by atoms with van der Waals surface area (Å²) in [4.78, 5) is 31.4. The number of para-hydroxylation sites is 1. The van der Waals surface area contributed by atoms with E-state index in [9.17, 15) is 31.5 Å². The predicted molar refractivity (Wildman–Crippen MR) is 144 cm³/mol. The average Bonchev–Trinajstić information content (AvgIpc) is 3.48. The fourth-order valence-electron chi connectivity index (χ4n) is 6.73. The van der Waals surface area contributed by atoms with Crippen LogP contribution in [0, 0.1) is 25.2 Å². The van der Waals surface area contributed by atoms with Gasteiger partial charge in [0.05, 0.1) is 23.6 Å². The van der Waals surface area contributed by atoms with Gasteiger partial charge in [0.2, 0.25) is 11.8 Å². The van der Waals surface area contributed by atoms with E-state index < -0.39 is 53.1 Å². The Balaban J connectivity index is 1.55. The summed E-state index contributed by atoms with van der Waals surface area (Å²) in [7, 11) is 0. The van der Waals surface area contributed by atoms with Gasteiger partial charge < -0.3 is 15.0 Å². The van der Waals surface area contributed by atoms with Crippen LogP contribution in [0.4, 0.5) is 33.3 Å². The second-order valence-corrected chi connectivity index (χ2v) is 11.7. The summed E-state index contributed by atoms with van der Waals surface area (Å²) in [6.45, 7) is 8.79. The van der Waals surface area contributed by atoms with E-state index in [0.717, 1.165) is 23.3 Å². The standard InChI is InChI=1S/C30H34F5N3O3/c1-16(2)41-22-14-20(30(33,34)35)13-21(15-22)36-27(40)29-19(5)26(39)38(23-17(3)7-6-8-18(23)4)25(29)24(29)37-11-9-28(31,32)10-12-37/h6-8,13-16,19,24-25H,9-12H2,1-5H3,(H,36,40). The molecule has 2 aromatic rings. The summed E-state index contributed by atoms with van der Waals surface area (Å²) < 4.78 is 74.8. The molecule has 5 rings (SSSR count). The number of fused-ring (bicyclic) bond motifs is 1. The lowest BCUT2D eigenvalue weighted by molar-refractivity contribution is -0.137. The lowest BCUT2D eigenvalue weighted by Crippen LogP contribution is -2.48. The van der Waals surface area contributed by atoms with Crippen LogP contribution in [0.3, 0.4) is 0 Å². The van der Waals surface area contributed by atoms with Crippen molar-refractivity contribution in [3.63, 3.8) is 0 Å². The fourth-order valence-corrected chi connectivity index (χ4v) is 6.73. The summed E-state index contributed by atoms with van der Waals surface area (Å²) in [6, 6.07) is 7.38. The first-order valence-corrected chi connectivity index (χ1v) is 13.8. The largest absolute Gasteiger partial charge is 0.491 e. The van der Waals surface area contributed by atoms with E-state index in [1.807, 2.05) is 36.9 Å². The van der Waals surface area contributed by atoms with Crippen LogP contribution in [0.1, 0.15) is 50.3 Å². The van der Waals surface area contributed by atoms with Gasteiger partial charge in [0.15, 0.2) is 0 Å². The minimum absolute atomic E-state index is 0.0423. The van der Waals surface area contributed by atoms with Crippen LogP contribution >= 0.6 is 0 Å². The van der Waals surface area contributed by atoms with Crippen LogP contribution in [0.5, 0.6) is 5.75 Å². The van der Waals surface area contributed by atoms with Crippen LogP contribution in [-0.2, 0) is 15.8 Å². The van der Waals surface area contributed by atoms with Gasteiger partial charge in [-0.15, -0.1) is 0 Å². The number of piperidine rings is 2. The number of amides is 2. The molecule has 2 heterocycles. The highest BCUT2D eigenvalue weighted by Crippen LogP contribution is 2.65. The van der Waals surface area contributed by atoms with Crippen molar-refractivity contribution in [1.29, 1.82) is 0 Å². The van der Waals surface area contributed by atoms with Crippen LogP contribution in [0.25, 0.3) is 0 Å². The molecular formula is C30H34F5N3O3. The lowest BCUT2D eigenvalue weighted by Gasteiger charge is -2.36. The van der Waals surface area contributed by atoms with Crippen molar-refractivity contribution in [3.8, 4) is 5.75 Å². The number of carbonyl (C=O) groups is 2. The number of hydrogen-bond acceptors (Lipinski definition) is 4. The molecule has 2 aromatic carbocycles. The van der Waals surface area contributed by atoms with Gasteiger partial charge >= 0.3 is 6.18 Å². The second-order valence-electron chi connectivity index (χ2n) is 11.7. The molecule has 2 aliphatic heterocycles. The molecule has 4 unspecified atom stereocenters. The summed E-state index contributed by atoms with van der Waals surface area (Å²) in [5.74, 6) is -4.61. The number of anilines is 2. The quantitative estimate of drug-likeness (QED) is 0.414. The molecule has 4 atom stereocenters. The SMILES string of the molecule is Cc1cccc(C)c1N1C(=O)C(C)C2(C(=O)Nc3cc(OC(C)C)cc(C(F)(F)F)c3)C(N3CCC(F)(F)CC3)C12. The number of hydrogen-bond donors (Lipinski definition) is 1. The Morgan fingerprint density at radius 1 is 1.05 bits per heavy atom. The molecule has 1 aliphatic carbocycles. The van der Waals surface area contributed by atoms with Crippen molar-refractivity contribution >= 4 is 23.2 Å². The Morgan fingerprint density at radius 3 is 2.22 bits per heavy atom.